The summed E-state index contributed by atoms with van der Waals surface area (Å²) in [5.74, 6) is -3.36. The summed E-state index contributed by atoms with van der Waals surface area (Å²) in [7, 11) is -42.3. The van der Waals surface area contributed by atoms with Crippen LogP contribution in [-0.4, -0.2) is 129 Å². The number of phenols is 2. The number of nitrogens with zero attached hydrogens (tertiary/aromatic N) is 7. The third-order valence-electron chi connectivity index (χ3n) is 14.3. The highest BCUT2D eigenvalue weighted by Crippen LogP contribution is 2.49. The fourth-order valence-electron chi connectivity index (χ4n) is 10.3. The summed E-state index contributed by atoms with van der Waals surface area (Å²) >= 11 is 12.8. The first kappa shape index (κ1) is 73.3. The van der Waals surface area contributed by atoms with E-state index in [0.29, 0.717) is 36.0 Å². The van der Waals surface area contributed by atoms with Gasteiger partial charge in [-0.2, -0.15) is 82.3 Å². The van der Waals surface area contributed by atoms with Crippen LogP contribution >= 0.6 is 23.2 Å². The fraction of sp³-hybridized carbons (Fsp3) is 0. The van der Waals surface area contributed by atoms with Crippen LogP contribution < -0.4 is 21.3 Å². The van der Waals surface area contributed by atoms with Gasteiger partial charge < -0.3 is 31.5 Å². The Balaban J connectivity index is 0.898. The van der Waals surface area contributed by atoms with Crippen LogP contribution in [0.15, 0.2) is 199 Å². The minimum atomic E-state index is -5.54. The molecule has 530 valence electrons. The molecule has 10 aromatic carbocycles. The summed E-state index contributed by atoms with van der Waals surface area (Å²) in [4.78, 5) is 3.88. The molecule has 0 atom stereocenters. The van der Waals surface area contributed by atoms with Gasteiger partial charge in [-0.05, 0) is 126 Å². The Hall–Kier alpha value is -9.89. The van der Waals surface area contributed by atoms with Gasteiger partial charge in [0.05, 0.1) is 21.2 Å². The molecule has 0 amide bonds. The summed E-state index contributed by atoms with van der Waals surface area (Å²) in [5.41, 5.74) is -4.29. The van der Waals surface area contributed by atoms with Crippen LogP contribution in [-0.2, 0) is 80.9 Å². The van der Waals surface area contributed by atoms with E-state index in [-0.39, 0.29) is 28.0 Å². The number of benzene rings is 10. The summed E-state index contributed by atoms with van der Waals surface area (Å²) < 4.78 is 283. The lowest BCUT2D eigenvalue weighted by molar-refractivity contribution is 0.471. The SMILES string of the molecule is O=S(=O)(O)c1cc(Nc2cc(Cl)cc(Nc3ccc(Nc4nc(Cl)nc(Nc5cc(S(=O)(=O)O)cc6cc(S(=O)(=O)O)c(/N=N/c7ccc8c(S(=O)(=O)O)cccc8c7S(=O)(=O)O)c(O)c56)n4)cc3)c2)c2c(O)c(N=Nc3ccc4c(S(=O)(=O)O)cccc4c3S(=O)(=O)O)c(S(=O)(=O)O)cc2c1. The van der Waals surface area contributed by atoms with E-state index in [1.54, 1.807) is 0 Å². The predicted molar refractivity (Wildman–Crippen MR) is 362 cm³/mol. The van der Waals surface area contributed by atoms with Gasteiger partial charge in [-0.15, -0.1) is 20.5 Å². The summed E-state index contributed by atoms with van der Waals surface area (Å²) in [6, 6.07) is 23.1. The van der Waals surface area contributed by atoms with Crippen molar-refractivity contribution >= 4 is 216 Å². The second-order valence-corrected chi connectivity index (χ2v) is 33.0. The lowest BCUT2D eigenvalue weighted by atomic mass is 10.1. The number of fused-ring (bicyclic) bond motifs is 4. The van der Waals surface area contributed by atoms with Crippen molar-refractivity contribution in [3.8, 4) is 11.5 Å². The fourth-order valence-corrected chi connectivity index (χ4v) is 16.2. The van der Waals surface area contributed by atoms with Gasteiger partial charge in [-0.25, -0.2) is 0 Å². The highest BCUT2D eigenvalue weighted by atomic mass is 35.5. The van der Waals surface area contributed by atoms with Gasteiger partial charge in [-0.3, -0.25) is 36.4 Å². The maximum absolute atomic E-state index is 12.9. The monoisotopic (exact) mass is 1590 g/mol. The zero-order valence-corrected chi connectivity index (χ0v) is 57.5. The number of aromatic nitrogens is 3. The summed E-state index contributed by atoms with van der Waals surface area (Å²) in [5, 5.41) is 45.0. The smallest absolute Gasteiger partial charge is 0.297 e. The number of aromatic hydroxyl groups is 2. The van der Waals surface area contributed by atoms with Crippen molar-refractivity contribution in [2.75, 3.05) is 21.3 Å². The molecule has 102 heavy (non-hydrogen) atoms. The number of anilines is 8. The Labute approximate surface area is 582 Å². The van der Waals surface area contributed by atoms with E-state index < -0.39 is 220 Å². The Morgan fingerprint density at radius 3 is 1.11 bits per heavy atom. The first-order chi connectivity index (χ1) is 47.2. The molecule has 1 heterocycles. The molecule has 0 saturated carbocycles. The van der Waals surface area contributed by atoms with E-state index in [4.69, 9.17) is 23.2 Å². The van der Waals surface area contributed by atoms with Crippen LogP contribution in [0.2, 0.25) is 10.3 Å². The molecule has 0 spiro atoms. The zero-order chi connectivity index (χ0) is 74.5. The minimum Gasteiger partial charge on any atom is -0.505 e. The second-order valence-electron chi connectivity index (χ2n) is 21.1. The first-order valence-corrected chi connectivity index (χ1v) is 39.3. The van der Waals surface area contributed by atoms with E-state index in [2.05, 4.69) is 56.7 Å². The standard InChI is InChI=1S/C55H37Cl2N11O26S8/c56-26-19-29(21-30(20-26)59-39-22-31(95(71,72)73)15-24-17-43(99(83,84)85)47(49(69)45(24)39)67-65-37-13-11-33-35(51(37)101(89,90)91)3-1-5-41(33)97(77,78)79)58-27-7-9-28(10-8-27)60-54-62-53(57)63-55(64-54)61-40-23-32(96(74,75)76)16-25-18-44(100(86,87)88)48(50(70)46(25)40)68-66-38-14-12-34-36(52(38)102(92,93)94)4-2-6-42(34)98(80,81)82/h1-23,58-59,69-70H,(H,71,72,73)(H,74,75,76)(H,77,78,79)(H,80,81,82)(H,83,84,85)(H,86,87,88)(H,89,90,91)(H,92,93,94)(H2,60,61,62,63,64)/b67-65?,68-66+. The Bertz CT molecular complexity index is 6170. The van der Waals surface area contributed by atoms with Crippen LogP contribution in [0.5, 0.6) is 11.5 Å². The van der Waals surface area contributed by atoms with Gasteiger partial charge in [0, 0.05) is 60.1 Å². The van der Waals surface area contributed by atoms with Gasteiger partial charge in [-0.1, -0.05) is 48.0 Å². The predicted octanol–water partition coefficient (Wildman–Crippen LogP) is 11.0. The first-order valence-electron chi connectivity index (χ1n) is 27.0. The van der Waals surface area contributed by atoms with Gasteiger partial charge in [0.2, 0.25) is 17.2 Å². The van der Waals surface area contributed by atoms with Crippen molar-refractivity contribution in [1.29, 1.82) is 0 Å². The maximum Gasteiger partial charge on any atom is 0.297 e. The molecule has 11 aromatic rings. The van der Waals surface area contributed by atoms with Crippen LogP contribution in [0.4, 0.5) is 68.8 Å². The Kier molecular flexibility index (Phi) is 18.8. The zero-order valence-electron chi connectivity index (χ0n) is 49.4. The average Bonchev–Trinajstić information content (AvgIpc) is 0.756. The molecule has 0 aliphatic rings. The third-order valence-corrected chi connectivity index (χ3v) is 21.8. The number of halogens is 2. The lowest BCUT2D eigenvalue weighted by Crippen LogP contribution is -2.06. The Morgan fingerprint density at radius 2 is 0.716 bits per heavy atom. The lowest BCUT2D eigenvalue weighted by Gasteiger charge is -2.17. The topological polar surface area (TPSA) is 612 Å². The summed E-state index contributed by atoms with van der Waals surface area (Å²) in [6.45, 7) is 0. The van der Waals surface area contributed by atoms with Gasteiger partial charge in [0.25, 0.3) is 80.9 Å². The van der Waals surface area contributed by atoms with Crippen molar-refractivity contribution in [3.05, 3.63) is 150 Å². The molecule has 0 fully saturated rings. The largest absolute Gasteiger partial charge is 0.505 e. The molecular weight excluding hydrogens is 1560 g/mol. The quantitative estimate of drug-likeness (QED) is 0.0249. The maximum atomic E-state index is 12.9. The van der Waals surface area contributed by atoms with Crippen molar-refractivity contribution in [2.24, 2.45) is 20.5 Å². The number of nitrogens with one attached hydrogen (secondary N) is 4. The second kappa shape index (κ2) is 26.2. The third kappa shape index (κ3) is 15.3. The average molecular weight is 1600 g/mol. The molecule has 11 rings (SSSR count). The number of hydrogen-bond donors (Lipinski definition) is 14. The molecule has 47 heteroatoms. The molecule has 0 aliphatic heterocycles. The molecule has 1 aromatic heterocycles. The van der Waals surface area contributed by atoms with E-state index in [0.717, 1.165) is 66.7 Å². The molecule has 0 saturated heterocycles. The van der Waals surface area contributed by atoms with Crippen LogP contribution in [0, 0.1) is 0 Å². The number of phenolic OH excluding ortho intramolecular Hbond substituents is 2. The molecule has 0 unspecified atom stereocenters. The van der Waals surface area contributed by atoms with E-state index >= 15 is 0 Å². The van der Waals surface area contributed by atoms with Crippen molar-refractivity contribution in [1.82, 2.24) is 15.0 Å². The van der Waals surface area contributed by atoms with E-state index in [1.807, 2.05) is 0 Å². The Morgan fingerprint density at radius 1 is 0.333 bits per heavy atom. The number of rotatable bonds is 20. The molecule has 37 nitrogen and oxygen atoms in total. The molecule has 0 bridgehead atoms. The molecule has 0 aliphatic carbocycles. The van der Waals surface area contributed by atoms with Gasteiger partial charge >= 0.3 is 0 Å². The van der Waals surface area contributed by atoms with Crippen LogP contribution in [0.1, 0.15) is 0 Å². The molecule has 14 N–H and O–H groups in total. The number of hydrogen-bond acceptors (Lipinski definition) is 29. The van der Waals surface area contributed by atoms with Crippen molar-refractivity contribution < 1.29 is 114 Å². The highest BCUT2D eigenvalue weighted by Gasteiger charge is 2.31. The van der Waals surface area contributed by atoms with E-state index in [9.17, 15) is 114 Å². The highest BCUT2D eigenvalue weighted by molar-refractivity contribution is 7.88. The van der Waals surface area contributed by atoms with Crippen molar-refractivity contribution in [2.45, 2.75) is 39.2 Å². The van der Waals surface area contributed by atoms with Crippen LogP contribution in [0.3, 0.4) is 0 Å². The van der Waals surface area contributed by atoms with Gasteiger partial charge in [0.1, 0.15) is 52.1 Å². The van der Waals surface area contributed by atoms with E-state index in [1.165, 1.54) is 42.5 Å². The normalized spacial score (nSPS) is 13.0. The molecule has 0 radical (unpaired) electrons. The number of azo groups is 2. The van der Waals surface area contributed by atoms with Crippen molar-refractivity contribution in [3.63, 3.8) is 0 Å². The van der Waals surface area contributed by atoms with Gasteiger partial charge in [0.15, 0.2) is 11.5 Å². The van der Waals surface area contributed by atoms with Crippen LogP contribution in [0.25, 0.3) is 43.1 Å². The molecular formula is C55H37Cl2N11O26S8. The minimum absolute atomic E-state index is 0.0215. The summed E-state index contributed by atoms with van der Waals surface area (Å²) in [6.07, 6.45) is 0.